The molecule has 24 heavy (non-hydrogen) atoms. The third-order valence-corrected chi connectivity index (χ3v) is 4.35. The van der Waals surface area contributed by atoms with Crippen molar-refractivity contribution in [3.63, 3.8) is 0 Å². The molecule has 1 saturated heterocycles. The molecular weight excluding hydrogens is 304 g/mol. The Bertz CT molecular complexity index is 768. The summed E-state index contributed by atoms with van der Waals surface area (Å²) in [6.07, 6.45) is 7.05. The molecule has 0 bridgehead atoms. The molecule has 1 amide bonds. The second kappa shape index (κ2) is 6.31. The number of aromatic nitrogens is 2. The van der Waals surface area contributed by atoms with Gasteiger partial charge in [-0.3, -0.25) is 9.78 Å². The van der Waals surface area contributed by atoms with Crippen LogP contribution in [0.3, 0.4) is 0 Å². The molecule has 0 atom stereocenters. The van der Waals surface area contributed by atoms with Crippen LogP contribution in [-0.4, -0.2) is 53.6 Å². The Labute approximate surface area is 140 Å². The molecule has 0 N–H and O–H groups in total. The summed E-state index contributed by atoms with van der Waals surface area (Å²) >= 11 is 0. The fraction of sp³-hybridized carbons (Fsp3) is 0.278. The Morgan fingerprint density at radius 2 is 1.92 bits per heavy atom. The van der Waals surface area contributed by atoms with Gasteiger partial charge in [0.05, 0.1) is 11.8 Å². The van der Waals surface area contributed by atoms with Gasteiger partial charge in [0.25, 0.3) is 5.91 Å². The van der Waals surface area contributed by atoms with E-state index >= 15 is 0 Å². The Morgan fingerprint density at radius 1 is 1.08 bits per heavy atom. The molecule has 0 radical (unpaired) electrons. The number of anilines is 1. The molecule has 2 aromatic rings. The average molecular weight is 322 g/mol. The lowest BCUT2D eigenvalue weighted by atomic mass is 10.1. The summed E-state index contributed by atoms with van der Waals surface area (Å²) in [5.74, 6) is 1.75. The second-order valence-electron chi connectivity index (χ2n) is 5.84. The van der Waals surface area contributed by atoms with Gasteiger partial charge in [0.2, 0.25) is 0 Å². The van der Waals surface area contributed by atoms with Gasteiger partial charge in [0.15, 0.2) is 0 Å². The van der Waals surface area contributed by atoms with E-state index in [-0.39, 0.29) is 5.91 Å². The zero-order chi connectivity index (χ0) is 16.4. The van der Waals surface area contributed by atoms with Crippen LogP contribution in [0.25, 0.3) is 6.08 Å². The fourth-order valence-corrected chi connectivity index (χ4v) is 3.04. The van der Waals surface area contributed by atoms with Crippen molar-refractivity contribution in [2.75, 3.05) is 37.7 Å². The molecule has 3 heterocycles. The van der Waals surface area contributed by atoms with Crippen LogP contribution in [0.5, 0.6) is 5.75 Å². The van der Waals surface area contributed by atoms with Crippen molar-refractivity contribution in [1.82, 2.24) is 14.9 Å². The highest BCUT2D eigenvalue weighted by atomic mass is 16.5. The lowest BCUT2D eigenvalue weighted by Crippen LogP contribution is -2.49. The number of fused-ring (bicyclic) bond motifs is 1. The molecule has 1 aromatic carbocycles. The molecule has 122 valence electrons. The molecule has 2 aliphatic rings. The number of ether oxygens (including phenoxy) is 1. The largest absolute Gasteiger partial charge is 0.488 e. The number of hydrogen-bond donors (Lipinski definition) is 0. The van der Waals surface area contributed by atoms with Gasteiger partial charge in [-0.15, -0.1) is 0 Å². The Balaban J connectivity index is 1.43. The zero-order valence-corrected chi connectivity index (χ0v) is 13.3. The minimum Gasteiger partial charge on any atom is -0.488 e. The predicted molar refractivity (Wildman–Crippen MR) is 90.7 cm³/mol. The molecule has 6 nitrogen and oxygen atoms in total. The number of benzene rings is 1. The summed E-state index contributed by atoms with van der Waals surface area (Å²) in [6, 6.07) is 7.78. The monoisotopic (exact) mass is 322 g/mol. The number of amides is 1. The van der Waals surface area contributed by atoms with E-state index in [1.165, 1.54) is 0 Å². The standard InChI is InChI=1S/C18H18N4O2/c23-18(15-11-14-3-1-2-4-16(14)24-13-15)22-9-7-21(8-10-22)17-12-19-5-6-20-17/h1-6,11-12H,7-10,13H2. The van der Waals surface area contributed by atoms with E-state index < -0.39 is 0 Å². The van der Waals surface area contributed by atoms with E-state index in [0.717, 1.165) is 30.2 Å². The Hall–Kier alpha value is -2.89. The summed E-state index contributed by atoms with van der Waals surface area (Å²) in [4.78, 5) is 25.2. The highest BCUT2D eigenvalue weighted by Crippen LogP contribution is 2.26. The minimum atomic E-state index is 0.0586. The summed E-state index contributed by atoms with van der Waals surface area (Å²) in [6.45, 7) is 3.20. The number of carbonyl (C=O) groups is 1. The van der Waals surface area contributed by atoms with E-state index in [4.69, 9.17) is 4.74 Å². The first-order valence-corrected chi connectivity index (χ1v) is 8.04. The van der Waals surface area contributed by atoms with E-state index in [1.54, 1.807) is 18.6 Å². The van der Waals surface area contributed by atoms with Gasteiger partial charge in [0.1, 0.15) is 18.2 Å². The van der Waals surface area contributed by atoms with Crippen LogP contribution in [0.4, 0.5) is 5.82 Å². The van der Waals surface area contributed by atoms with Crippen LogP contribution < -0.4 is 9.64 Å². The number of nitrogens with zero attached hydrogens (tertiary/aromatic N) is 4. The highest BCUT2D eigenvalue weighted by molar-refractivity contribution is 5.99. The van der Waals surface area contributed by atoms with Gasteiger partial charge < -0.3 is 14.5 Å². The average Bonchev–Trinajstić information content (AvgIpc) is 2.68. The maximum atomic E-state index is 12.7. The van der Waals surface area contributed by atoms with Gasteiger partial charge >= 0.3 is 0 Å². The summed E-state index contributed by atoms with van der Waals surface area (Å²) in [5.41, 5.74) is 1.67. The van der Waals surface area contributed by atoms with Crippen molar-refractivity contribution in [2.45, 2.75) is 0 Å². The Kier molecular flexibility index (Phi) is 3.86. The van der Waals surface area contributed by atoms with Crippen LogP contribution in [0, 0.1) is 0 Å². The van der Waals surface area contributed by atoms with Crippen molar-refractivity contribution >= 4 is 17.8 Å². The fourth-order valence-electron chi connectivity index (χ4n) is 3.04. The first kappa shape index (κ1) is 14.7. The number of carbonyl (C=O) groups excluding carboxylic acids is 1. The van der Waals surface area contributed by atoms with Crippen molar-refractivity contribution in [3.05, 3.63) is 54.0 Å². The predicted octanol–water partition coefficient (Wildman–Crippen LogP) is 1.60. The van der Waals surface area contributed by atoms with Crippen LogP contribution >= 0.6 is 0 Å². The van der Waals surface area contributed by atoms with E-state index in [0.29, 0.717) is 25.3 Å². The number of para-hydroxylation sites is 1. The molecule has 2 aliphatic heterocycles. The van der Waals surface area contributed by atoms with Gasteiger partial charge in [-0.2, -0.15) is 0 Å². The van der Waals surface area contributed by atoms with Gasteiger partial charge in [-0.25, -0.2) is 4.98 Å². The second-order valence-corrected chi connectivity index (χ2v) is 5.84. The molecule has 0 spiro atoms. The smallest absolute Gasteiger partial charge is 0.253 e. The van der Waals surface area contributed by atoms with Gasteiger partial charge in [-0.1, -0.05) is 18.2 Å². The summed E-state index contributed by atoms with van der Waals surface area (Å²) < 4.78 is 5.69. The SMILES string of the molecule is O=C(C1=Cc2ccccc2OC1)N1CCN(c2cnccn2)CC1. The lowest BCUT2D eigenvalue weighted by Gasteiger charge is -2.36. The van der Waals surface area contributed by atoms with Crippen molar-refractivity contribution < 1.29 is 9.53 Å². The highest BCUT2D eigenvalue weighted by Gasteiger charge is 2.26. The van der Waals surface area contributed by atoms with Crippen LogP contribution in [0.2, 0.25) is 0 Å². The van der Waals surface area contributed by atoms with Gasteiger partial charge in [0, 0.05) is 44.1 Å². The molecule has 0 aliphatic carbocycles. The molecule has 0 saturated carbocycles. The van der Waals surface area contributed by atoms with Crippen LogP contribution in [0.15, 0.2) is 48.4 Å². The van der Waals surface area contributed by atoms with E-state index in [2.05, 4.69) is 14.9 Å². The number of piperazine rings is 1. The summed E-state index contributed by atoms with van der Waals surface area (Å²) in [7, 11) is 0. The maximum Gasteiger partial charge on any atom is 0.253 e. The third kappa shape index (κ3) is 2.82. The quantitative estimate of drug-likeness (QED) is 0.840. The maximum absolute atomic E-state index is 12.7. The molecule has 6 heteroatoms. The number of rotatable bonds is 2. The Morgan fingerprint density at radius 3 is 2.71 bits per heavy atom. The van der Waals surface area contributed by atoms with Crippen molar-refractivity contribution in [1.29, 1.82) is 0 Å². The lowest BCUT2D eigenvalue weighted by molar-refractivity contribution is -0.127. The van der Waals surface area contributed by atoms with Crippen LogP contribution in [0.1, 0.15) is 5.56 Å². The normalized spacial score (nSPS) is 16.9. The van der Waals surface area contributed by atoms with Crippen LogP contribution in [-0.2, 0) is 4.79 Å². The third-order valence-electron chi connectivity index (χ3n) is 4.35. The molecule has 1 aromatic heterocycles. The molecular formula is C18H18N4O2. The molecule has 0 unspecified atom stereocenters. The minimum absolute atomic E-state index is 0.0586. The zero-order valence-electron chi connectivity index (χ0n) is 13.3. The topological polar surface area (TPSA) is 58.6 Å². The first-order valence-electron chi connectivity index (χ1n) is 8.04. The van der Waals surface area contributed by atoms with Crippen molar-refractivity contribution in [3.8, 4) is 5.75 Å². The molecule has 4 rings (SSSR count). The van der Waals surface area contributed by atoms with Gasteiger partial charge in [-0.05, 0) is 12.1 Å². The summed E-state index contributed by atoms with van der Waals surface area (Å²) in [5, 5.41) is 0. The number of hydrogen-bond acceptors (Lipinski definition) is 5. The van der Waals surface area contributed by atoms with E-state index in [1.807, 2.05) is 35.2 Å². The first-order chi connectivity index (χ1) is 11.8. The van der Waals surface area contributed by atoms with E-state index in [9.17, 15) is 4.79 Å². The molecule has 1 fully saturated rings. The van der Waals surface area contributed by atoms with Crippen molar-refractivity contribution in [2.24, 2.45) is 0 Å².